The molecule has 0 aliphatic rings. The Balaban J connectivity index is 1.87. The molecule has 0 aliphatic heterocycles. The summed E-state index contributed by atoms with van der Waals surface area (Å²) in [5, 5.41) is 4.38. The van der Waals surface area contributed by atoms with Gasteiger partial charge in [0.15, 0.2) is 5.69 Å². The van der Waals surface area contributed by atoms with Crippen LogP contribution in [0.2, 0.25) is 5.02 Å². The van der Waals surface area contributed by atoms with Crippen LogP contribution in [0.1, 0.15) is 11.3 Å². The van der Waals surface area contributed by atoms with E-state index in [0.717, 1.165) is 11.6 Å². The highest BCUT2D eigenvalue weighted by Crippen LogP contribution is 2.31. The number of hydrogen-bond donors (Lipinski definition) is 1. The summed E-state index contributed by atoms with van der Waals surface area (Å²) >= 11 is 5.83. The van der Waals surface area contributed by atoms with Crippen LogP contribution in [-0.2, 0) is 6.18 Å². The summed E-state index contributed by atoms with van der Waals surface area (Å²) < 4.78 is 44.6. The molecule has 5 nitrogen and oxygen atoms in total. The standard InChI is InChI=1S/C19H14ClF3N4O/c1-28-15-8-2-12(3-9-15)11-24-27-18-25-16(10-17(26-18)19(21,22)23)13-4-6-14(20)7-5-13/h2-11H,1H3,(H,25,26,27)/b24-11-. The number of methoxy groups -OCH3 is 1. The van der Waals surface area contributed by atoms with Gasteiger partial charge in [0.25, 0.3) is 0 Å². The van der Waals surface area contributed by atoms with Crippen molar-refractivity contribution in [3.8, 4) is 17.0 Å². The van der Waals surface area contributed by atoms with Crippen LogP contribution in [0, 0.1) is 0 Å². The van der Waals surface area contributed by atoms with Crippen molar-refractivity contribution in [2.24, 2.45) is 5.10 Å². The van der Waals surface area contributed by atoms with E-state index < -0.39 is 11.9 Å². The summed E-state index contributed by atoms with van der Waals surface area (Å²) in [6, 6.07) is 14.1. The molecule has 28 heavy (non-hydrogen) atoms. The van der Waals surface area contributed by atoms with Crippen LogP contribution < -0.4 is 10.2 Å². The first-order valence-electron chi connectivity index (χ1n) is 8.00. The van der Waals surface area contributed by atoms with E-state index in [0.29, 0.717) is 16.3 Å². The molecule has 0 aliphatic carbocycles. The number of nitrogens with zero attached hydrogens (tertiary/aromatic N) is 3. The highest BCUT2D eigenvalue weighted by Gasteiger charge is 2.33. The Bertz CT molecular complexity index is 974. The Kier molecular flexibility index (Phi) is 5.79. The van der Waals surface area contributed by atoms with Gasteiger partial charge in [0.05, 0.1) is 19.0 Å². The average Bonchev–Trinajstić information content (AvgIpc) is 2.68. The fraction of sp³-hybridized carbons (Fsp3) is 0.105. The second-order valence-corrected chi connectivity index (χ2v) is 6.05. The van der Waals surface area contributed by atoms with E-state index in [9.17, 15) is 13.2 Å². The summed E-state index contributed by atoms with van der Waals surface area (Å²) in [6.07, 6.45) is -3.19. The number of ether oxygens (including phenoxy) is 1. The predicted molar refractivity (Wildman–Crippen MR) is 102 cm³/mol. The molecule has 0 amide bonds. The van der Waals surface area contributed by atoms with Crippen LogP contribution in [0.25, 0.3) is 11.3 Å². The van der Waals surface area contributed by atoms with Gasteiger partial charge in [0.1, 0.15) is 5.75 Å². The Morgan fingerprint density at radius 2 is 1.71 bits per heavy atom. The third-order valence-electron chi connectivity index (χ3n) is 3.65. The van der Waals surface area contributed by atoms with Crippen molar-refractivity contribution in [3.05, 3.63) is 70.9 Å². The molecule has 1 heterocycles. The number of alkyl halides is 3. The van der Waals surface area contributed by atoms with Crippen LogP contribution >= 0.6 is 11.6 Å². The van der Waals surface area contributed by atoms with Crippen LogP contribution in [0.3, 0.4) is 0 Å². The second kappa shape index (κ2) is 8.26. The number of rotatable bonds is 5. The molecule has 9 heteroatoms. The van der Waals surface area contributed by atoms with Crippen molar-refractivity contribution >= 4 is 23.8 Å². The number of hydrazone groups is 1. The van der Waals surface area contributed by atoms with E-state index in [4.69, 9.17) is 16.3 Å². The minimum atomic E-state index is -4.62. The number of aromatic nitrogens is 2. The molecule has 144 valence electrons. The van der Waals surface area contributed by atoms with Crippen LogP contribution in [0.4, 0.5) is 19.1 Å². The van der Waals surface area contributed by atoms with Crippen molar-refractivity contribution < 1.29 is 17.9 Å². The molecule has 0 atom stereocenters. The minimum absolute atomic E-state index is 0.0983. The summed E-state index contributed by atoms with van der Waals surface area (Å²) in [4.78, 5) is 7.61. The van der Waals surface area contributed by atoms with Gasteiger partial charge in [-0.25, -0.2) is 15.4 Å². The quantitative estimate of drug-likeness (QED) is 0.463. The molecular formula is C19H14ClF3N4O. The maximum absolute atomic E-state index is 13.2. The molecule has 3 rings (SSSR count). The van der Waals surface area contributed by atoms with Crippen molar-refractivity contribution in [1.29, 1.82) is 0 Å². The Morgan fingerprint density at radius 3 is 2.32 bits per heavy atom. The smallest absolute Gasteiger partial charge is 0.433 e. The van der Waals surface area contributed by atoms with Crippen molar-refractivity contribution in [2.45, 2.75) is 6.18 Å². The average molecular weight is 407 g/mol. The molecule has 3 aromatic rings. The first-order valence-corrected chi connectivity index (χ1v) is 8.38. The van der Waals surface area contributed by atoms with Gasteiger partial charge in [0.2, 0.25) is 5.95 Å². The molecule has 0 fully saturated rings. The zero-order chi connectivity index (χ0) is 20.1. The molecular weight excluding hydrogens is 393 g/mol. The topological polar surface area (TPSA) is 59.4 Å². The highest BCUT2D eigenvalue weighted by molar-refractivity contribution is 6.30. The van der Waals surface area contributed by atoms with Gasteiger partial charge in [-0.15, -0.1) is 0 Å². The Morgan fingerprint density at radius 1 is 1.04 bits per heavy atom. The van der Waals surface area contributed by atoms with Crippen molar-refractivity contribution in [3.63, 3.8) is 0 Å². The lowest BCUT2D eigenvalue weighted by Crippen LogP contribution is -2.11. The van der Waals surface area contributed by atoms with Gasteiger partial charge in [-0.1, -0.05) is 23.7 Å². The van der Waals surface area contributed by atoms with Gasteiger partial charge in [0, 0.05) is 10.6 Å². The normalized spacial score (nSPS) is 11.6. The summed E-state index contributed by atoms with van der Waals surface area (Å²) in [5.41, 5.74) is 2.66. The first-order chi connectivity index (χ1) is 13.3. The first kappa shape index (κ1) is 19.6. The van der Waals surface area contributed by atoms with Crippen molar-refractivity contribution in [2.75, 3.05) is 12.5 Å². The van der Waals surface area contributed by atoms with E-state index in [1.54, 1.807) is 55.6 Å². The number of benzene rings is 2. The number of halogens is 4. The fourth-order valence-corrected chi connectivity index (χ4v) is 2.39. The van der Waals surface area contributed by atoms with Gasteiger partial charge in [-0.05, 0) is 48.0 Å². The SMILES string of the molecule is COc1ccc(/C=N\Nc2nc(-c3ccc(Cl)cc3)cc(C(F)(F)F)n2)cc1. The lowest BCUT2D eigenvalue weighted by atomic mass is 10.1. The molecule has 2 aromatic carbocycles. The van der Waals surface area contributed by atoms with Gasteiger partial charge in [-0.3, -0.25) is 0 Å². The van der Waals surface area contributed by atoms with Crippen molar-refractivity contribution in [1.82, 2.24) is 9.97 Å². The zero-order valence-corrected chi connectivity index (χ0v) is 15.3. The lowest BCUT2D eigenvalue weighted by Gasteiger charge is -2.10. The maximum atomic E-state index is 13.2. The second-order valence-electron chi connectivity index (χ2n) is 5.61. The Labute approximate surface area is 163 Å². The Hall–Kier alpha value is -3.13. The van der Waals surface area contributed by atoms with E-state index >= 15 is 0 Å². The third-order valence-corrected chi connectivity index (χ3v) is 3.90. The summed E-state index contributed by atoms with van der Waals surface area (Å²) in [6.45, 7) is 0. The minimum Gasteiger partial charge on any atom is -0.497 e. The molecule has 0 bridgehead atoms. The molecule has 0 saturated heterocycles. The molecule has 0 radical (unpaired) electrons. The zero-order valence-electron chi connectivity index (χ0n) is 14.5. The summed E-state index contributed by atoms with van der Waals surface area (Å²) in [5.74, 6) is 0.406. The predicted octanol–water partition coefficient (Wildman–Crippen LogP) is 5.27. The lowest BCUT2D eigenvalue weighted by molar-refractivity contribution is -0.141. The van der Waals surface area contributed by atoms with E-state index in [1.807, 2.05) is 0 Å². The van der Waals surface area contributed by atoms with Crippen LogP contribution in [-0.4, -0.2) is 23.3 Å². The monoisotopic (exact) mass is 406 g/mol. The number of anilines is 1. The summed E-state index contributed by atoms with van der Waals surface area (Å²) in [7, 11) is 1.55. The van der Waals surface area contributed by atoms with Gasteiger partial charge in [-0.2, -0.15) is 18.3 Å². The van der Waals surface area contributed by atoms with Gasteiger partial charge >= 0.3 is 6.18 Å². The maximum Gasteiger partial charge on any atom is 0.433 e. The molecule has 0 saturated carbocycles. The van der Waals surface area contributed by atoms with Crippen LogP contribution in [0.5, 0.6) is 5.75 Å². The molecule has 0 unspecified atom stereocenters. The van der Waals surface area contributed by atoms with Crippen LogP contribution in [0.15, 0.2) is 59.7 Å². The number of nitrogens with one attached hydrogen (secondary N) is 1. The fourth-order valence-electron chi connectivity index (χ4n) is 2.27. The van der Waals surface area contributed by atoms with E-state index in [1.165, 1.54) is 6.21 Å². The van der Waals surface area contributed by atoms with E-state index in [2.05, 4.69) is 20.5 Å². The largest absolute Gasteiger partial charge is 0.497 e. The molecule has 0 spiro atoms. The number of hydrogen-bond acceptors (Lipinski definition) is 5. The molecule has 1 N–H and O–H groups in total. The van der Waals surface area contributed by atoms with E-state index in [-0.39, 0.29) is 11.6 Å². The van der Waals surface area contributed by atoms with Gasteiger partial charge < -0.3 is 4.74 Å². The third kappa shape index (κ3) is 4.98. The highest BCUT2D eigenvalue weighted by atomic mass is 35.5. The molecule has 1 aromatic heterocycles.